The molecule has 138 valence electrons. The number of H-pyrrole nitrogens is 1. The summed E-state index contributed by atoms with van der Waals surface area (Å²) in [5.41, 5.74) is 2.95. The molecule has 0 aliphatic heterocycles. The van der Waals surface area contributed by atoms with E-state index in [9.17, 15) is 9.59 Å². The van der Waals surface area contributed by atoms with Crippen molar-refractivity contribution >= 4 is 22.8 Å². The summed E-state index contributed by atoms with van der Waals surface area (Å²) in [6.07, 6.45) is 4.17. The molecule has 0 radical (unpaired) electrons. The van der Waals surface area contributed by atoms with E-state index in [1.807, 2.05) is 60.8 Å². The van der Waals surface area contributed by atoms with Crippen molar-refractivity contribution < 1.29 is 14.3 Å². The van der Waals surface area contributed by atoms with Crippen molar-refractivity contribution in [2.75, 3.05) is 6.61 Å². The first kappa shape index (κ1) is 17.3. The van der Waals surface area contributed by atoms with Crippen LogP contribution in [-0.4, -0.2) is 23.5 Å². The van der Waals surface area contributed by atoms with Crippen LogP contribution >= 0.6 is 0 Å². The number of esters is 1. The van der Waals surface area contributed by atoms with E-state index in [1.54, 1.807) is 0 Å². The SMILES string of the molecule is O=C(COC(=O)Cc1c[nH]c2ccccc12)NC(c1ccccc1)C1CC1. The second-order valence-electron chi connectivity index (χ2n) is 6.99. The third kappa shape index (κ3) is 4.19. The molecule has 1 heterocycles. The van der Waals surface area contributed by atoms with Gasteiger partial charge in [0, 0.05) is 17.1 Å². The number of benzene rings is 2. The van der Waals surface area contributed by atoms with Crippen LogP contribution in [-0.2, 0) is 20.7 Å². The number of amides is 1. The molecule has 1 aromatic heterocycles. The van der Waals surface area contributed by atoms with Crippen molar-refractivity contribution in [2.24, 2.45) is 5.92 Å². The molecule has 1 aliphatic carbocycles. The zero-order valence-corrected chi connectivity index (χ0v) is 15.0. The van der Waals surface area contributed by atoms with Gasteiger partial charge in [-0.05, 0) is 36.0 Å². The minimum atomic E-state index is -0.405. The lowest BCUT2D eigenvalue weighted by Gasteiger charge is -2.18. The molecule has 1 fully saturated rings. The smallest absolute Gasteiger partial charge is 0.310 e. The van der Waals surface area contributed by atoms with E-state index >= 15 is 0 Å². The average molecular weight is 362 g/mol. The fourth-order valence-electron chi connectivity index (χ4n) is 3.41. The zero-order valence-electron chi connectivity index (χ0n) is 15.0. The van der Waals surface area contributed by atoms with Crippen molar-refractivity contribution in [3.63, 3.8) is 0 Å². The predicted molar refractivity (Wildman–Crippen MR) is 103 cm³/mol. The minimum Gasteiger partial charge on any atom is -0.455 e. The third-order valence-electron chi connectivity index (χ3n) is 4.94. The second-order valence-corrected chi connectivity index (χ2v) is 6.99. The number of carbonyl (C=O) groups excluding carboxylic acids is 2. The van der Waals surface area contributed by atoms with Gasteiger partial charge in [-0.1, -0.05) is 48.5 Å². The van der Waals surface area contributed by atoms with E-state index in [0.29, 0.717) is 5.92 Å². The number of para-hydroxylation sites is 1. The van der Waals surface area contributed by atoms with Crippen LogP contribution in [0.4, 0.5) is 0 Å². The first-order valence-electron chi connectivity index (χ1n) is 9.25. The number of carbonyl (C=O) groups is 2. The Labute approximate surface area is 157 Å². The molecule has 0 spiro atoms. The van der Waals surface area contributed by atoms with Crippen molar-refractivity contribution in [3.05, 3.63) is 71.9 Å². The van der Waals surface area contributed by atoms with E-state index in [1.165, 1.54) is 0 Å². The molecule has 0 saturated heterocycles. The second kappa shape index (κ2) is 7.66. The number of rotatable bonds is 7. The highest BCUT2D eigenvalue weighted by Gasteiger charge is 2.33. The lowest BCUT2D eigenvalue weighted by molar-refractivity contribution is -0.148. The molecule has 3 aromatic rings. The van der Waals surface area contributed by atoms with Crippen molar-refractivity contribution in [2.45, 2.75) is 25.3 Å². The zero-order chi connectivity index (χ0) is 18.6. The number of ether oxygens (including phenoxy) is 1. The van der Waals surface area contributed by atoms with Crippen LogP contribution in [0.1, 0.15) is 30.0 Å². The van der Waals surface area contributed by atoms with Crippen LogP contribution in [0, 0.1) is 5.92 Å². The maximum absolute atomic E-state index is 12.3. The average Bonchev–Trinajstić information content (AvgIpc) is 3.47. The number of fused-ring (bicyclic) bond motifs is 1. The Morgan fingerprint density at radius 2 is 1.81 bits per heavy atom. The van der Waals surface area contributed by atoms with Gasteiger partial charge in [-0.25, -0.2) is 0 Å². The lowest BCUT2D eigenvalue weighted by atomic mass is 10.0. The maximum atomic E-state index is 12.3. The fraction of sp³-hybridized carbons (Fsp3) is 0.273. The summed E-state index contributed by atoms with van der Waals surface area (Å²) in [6, 6.07) is 17.7. The van der Waals surface area contributed by atoms with Crippen LogP contribution in [0.2, 0.25) is 0 Å². The number of hydrogen-bond acceptors (Lipinski definition) is 3. The molecule has 2 N–H and O–H groups in total. The van der Waals surface area contributed by atoms with Crippen LogP contribution < -0.4 is 5.32 Å². The number of aromatic nitrogens is 1. The van der Waals surface area contributed by atoms with Gasteiger partial charge in [0.25, 0.3) is 5.91 Å². The topological polar surface area (TPSA) is 71.2 Å². The predicted octanol–water partition coefficient (Wildman–Crippen LogP) is 3.52. The van der Waals surface area contributed by atoms with Gasteiger partial charge in [0.15, 0.2) is 6.61 Å². The van der Waals surface area contributed by atoms with Gasteiger partial charge < -0.3 is 15.0 Å². The van der Waals surface area contributed by atoms with Gasteiger partial charge in [-0.3, -0.25) is 9.59 Å². The number of hydrogen-bond donors (Lipinski definition) is 2. The maximum Gasteiger partial charge on any atom is 0.310 e. The van der Waals surface area contributed by atoms with Crippen LogP contribution in [0.5, 0.6) is 0 Å². The molecular weight excluding hydrogens is 340 g/mol. The molecule has 5 heteroatoms. The van der Waals surface area contributed by atoms with Crippen molar-refractivity contribution in [1.29, 1.82) is 0 Å². The van der Waals surface area contributed by atoms with Crippen LogP contribution in [0.25, 0.3) is 10.9 Å². The Balaban J connectivity index is 1.31. The van der Waals surface area contributed by atoms with Gasteiger partial charge >= 0.3 is 5.97 Å². The van der Waals surface area contributed by atoms with Crippen LogP contribution in [0.3, 0.4) is 0 Å². The summed E-state index contributed by atoms with van der Waals surface area (Å²) in [5.74, 6) is -0.195. The molecule has 1 aliphatic rings. The normalized spacial score (nSPS) is 14.7. The molecule has 27 heavy (non-hydrogen) atoms. The molecule has 1 unspecified atom stereocenters. The molecule has 1 saturated carbocycles. The first-order chi connectivity index (χ1) is 13.2. The highest BCUT2D eigenvalue weighted by Crippen LogP contribution is 2.40. The van der Waals surface area contributed by atoms with E-state index in [2.05, 4.69) is 10.3 Å². The van der Waals surface area contributed by atoms with Gasteiger partial charge in [0.05, 0.1) is 12.5 Å². The van der Waals surface area contributed by atoms with Crippen molar-refractivity contribution in [3.8, 4) is 0 Å². The van der Waals surface area contributed by atoms with Gasteiger partial charge in [-0.2, -0.15) is 0 Å². The van der Waals surface area contributed by atoms with E-state index in [4.69, 9.17) is 4.74 Å². The molecule has 2 aromatic carbocycles. The Morgan fingerprint density at radius 3 is 2.59 bits per heavy atom. The molecule has 5 nitrogen and oxygen atoms in total. The van der Waals surface area contributed by atoms with Crippen LogP contribution in [0.15, 0.2) is 60.8 Å². The Bertz CT molecular complexity index is 944. The molecule has 0 bridgehead atoms. The standard InChI is InChI=1S/C22H22N2O3/c25-20(24-22(16-10-11-16)15-6-2-1-3-7-15)14-27-21(26)12-17-13-23-19-9-5-4-8-18(17)19/h1-9,13,16,22-23H,10-12,14H2,(H,24,25). The van der Waals surface area contributed by atoms with Gasteiger partial charge in [0.2, 0.25) is 0 Å². The first-order valence-corrected chi connectivity index (χ1v) is 9.25. The lowest BCUT2D eigenvalue weighted by Crippen LogP contribution is -2.33. The van der Waals surface area contributed by atoms with Crippen molar-refractivity contribution in [1.82, 2.24) is 10.3 Å². The highest BCUT2D eigenvalue weighted by atomic mass is 16.5. The summed E-state index contributed by atoms with van der Waals surface area (Å²) >= 11 is 0. The summed E-state index contributed by atoms with van der Waals surface area (Å²) in [5, 5.41) is 4.01. The molecule has 1 amide bonds. The van der Waals surface area contributed by atoms with E-state index in [0.717, 1.165) is 34.9 Å². The fourth-order valence-corrected chi connectivity index (χ4v) is 3.41. The van der Waals surface area contributed by atoms with Gasteiger partial charge in [-0.15, -0.1) is 0 Å². The molecular formula is C22H22N2O3. The summed E-state index contributed by atoms with van der Waals surface area (Å²) in [6.45, 7) is -0.253. The monoisotopic (exact) mass is 362 g/mol. The Hall–Kier alpha value is -3.08. The minimum absolute atomic E-state index is 0.00832. The highest BCUT2D eigenvalue weighted by molar-refractivity contribution is 5.88. The summed E-state index contributed by atoms with van der Waals surface area (Å²) in [4.78, 5) is 27.6. The Kier molecular flexibility index (Phi) is 4.92. The quantitative estimate of drug-likeness (QED) is 0.632. The molecule has 4 rings (SSSR count). The largest absolute Gasteiger partial charge is 0.455 e. The van der Waals surface area contributed by atoms with E-state index in [-0.39, 0.29) is 25.0 Å². The van der Waals surface area contributed by atoms with E-state index < -0.39 is 5.97 Å². The Morgan fingerprint density at radius 1 is 1.07 bits per heavy atom. The number of aromatic amines is 1. The summed E-state index contributed by atoms with van der Waals surface area (Å²) in [7, 11) is 0. The number of nitrogens with one attached hydrogen (secondary N) is 2. The van der Waals surface area contributed by atoms with Gasteiger partial charge in [0.1, 0.15) is 0 Å². The molecule has 1 atom stereocenters. The summed E-state index contributed by atoms with van der Waals surface area (Å²) < 4.78 is 5.20. The third-order valence-corrected chi connectivity index (χ3v) is 4.94.